The van der Waals surface area contributed by atoms with Gasteiger partial charge in [0.05, 0.1) is 0 Å². The van der Waals surface area contributed by atoms with Gasteiger partial charge < -0.3 is 0 Å². The molecule has 19 heavy (non-hydrogen) atoms. The molecule has 1 heteroatoms. The van der Waals surface area contributed by atoms with Crippen molar-refractivity contribution in [1.82, 2.24) is 0 Å². The molecule has 0 fully saturated rings. The zero-order valence-electron chi connectivity index (χ0n) is 12.1. The van der Waals surface area contributed by atoms with Crippen LogP contribution in [0.4, 0.5) is 0 Å². The quantitative estimate of drug-likeness (QED) is 0.526. The summed E-state index contributed by atoms with van der Waals surface area (Å²) in [7, 11) is 0. The number of hydrogen-bond acceptors (Lipinski definition) is 0. The molecule has 0 bridgehead atoms. The predicted molar refractivity (Wildman–Crippen MR) is 78.7 cm³/mol. The molecular formula is C18H22Fe. The molecule has 2 aromatic carbocycles. The molecule has 2 rings (SSSR count). The van der Waals surface area contributed by atoms with Crippen LogP contribution in [0.15, 0.2) is 48.5 Å². The Morgan fingerprint density at radius 3 is 1.21 bits per heavy atom. The van der Waals surface area contributed by atoms with Gasteiger partial charge in [0, 0.05) is 0 Å². The Hall–Kier alpha value is -1.04. The van der Waals surface area contributed by atoms with E-state index < -0.39 is 0 Å². The van der Waals surface area contributed by atoms with Crippen molar-refractivity contribution in [3.63, 3.8) is 0 Å². The minimum absolute atomic E-state index is 0. The summed E-state index contributed by atoms with van der Waals surface area (Å²) in [4.78, 5) is 0. The Bertz CT molecular complexity index is 374. The maximum absolute atomic E-state index is 3.17. The van der Waals surface area contributed by atoms with Gasteiger partial charge >= 0.3 is 17.1 Å². The summed E-state index contributed by atoms with van der Waals surface area (Å²) >= 11 is 0. The summed E-state index contributed by atoms with van der Waals surface area (Å²) in [5.74, 6) is 1.21. The molecule has 102 valence electrons. The van der Waals surface area contributed by atoms with E-state index in [0.717, 1.165) is 0 Å². The van der Waals surface area contributed by atoms with Gasteiger partial charge in [-0.2, -0.15) is 71.8 Å². The van der Waals surface area contributed by atoms with Crippen molar-refractivity contribution in [3.8, 4) is 0 Å². The standard InChI is InChI=1S/2C9H11.Fe/c2*1-8(2)9-6-4-3-5-7-9;/h2*3-6,8H,1-2H3;/q2*-1;+2. The molecule has 0 N–H and O–H groups in total. The largest absolute Gasteiger partial charge is 2.00 e. The molecule has 0 unspecified atom stereocenters. The van der Waals surface area contributed by atoms with Crippen LogP contribution in [0.25, 0.3) is 0 Å². The molecule has 2 aromatic rings. The summed E-state index contributed by atoms with van der Waals surface area (Å²) < 4.78 is 0. The molecule has 0 atom stereocenters. The molecule has 0 aliphatic heterocycles. The number of rotatable bonds is 2. The van der Waals surface area contributed by atoms with Crippen molar-refractivity contribution in [3.05, 3.63) is 71.8 Å². The fraction of sp³-hybridized carbons (Fsp3) is 0.333. The molecule has 0 aromatic heterocycles. The fourth-order valence-electron chi connectivity index (χ4n) is 1.53. The third kappa shape index (κ3) is 7.20. The van der Waals surface area contributed by atoms with E-state index in [-0.39, 0.29) is 17.1 Å². The van der Waals surface area contributed by atoms with Gasteiger partial charge in [0.2, 0.25) is 0 Å². The predicted octanol–water partition coefficient (Wildman–Crippen LogP) is 5.22. The molecule has 0 radical (unpaired) electrons. The molecule has 0 heterocycles. The van der Waals surface area contributed by atoms with Gasteiger partial charge in [-0.1, -0.05) is 27.7 Å². The van der Waals surface area contributed by atoms with Crippen LogP contribution in [0.2, 0.25) is 0 Å². The van der Waals surface area contributed by atoms with E-state index in [1.807, 2.05) is 36.4 Å². The normalized spacial score (nSPS) is 9.58. The summed E-state index contributed by atoms with van der Waals surface area (Å²) in [6.45, 7) is 8.69. The zero-order valence-corrected chi connectivity index (χ0v) is 13.2. The Balaban J connectivity index is 0.000000324. The topological polar surface area (TPSA) is 0 Å². The minimum Gasteiger partial charge on any atom is -0.180 e. The second kappa shape index (κ2) is 9.83. The molecular weight excluding hydrogens is 272 g/mol. The van der Waals surface area contributed by atoms with E-state index in [1.54, 1.807) is 0 Å². The molecule has 0 aliphatic carbocycles. The zero-order chi connectivity index (χ0) is 13.4. The second-order valence-corrected chi connectivity index (χ2v) is 4.95. The van der Waals surface area contributed by atoms with Crippen molar-refractivity contribution in [2.75, 3.05) is 0 Å². The SMILES string of the molecule is CC(C)c1[c-]cccc1.CC(C)c1[c-]cccc1.[Fe+2]. The van der Waals surface area contributed by atoms with E-state index in [9.17, 15) is 0 Å². The van der Waals surface area contributed by atoms with Crippen molar-refractivity contribution in [2.24, 2.45) is 0 Å². The Labute approximate surface area is 128 Å². The first kappa shape index (κ1) is 18.0. The van der Waals surface area contributed by atoms with Crippen molar-refractivity contribution in [2.45, 2.75) is 39.5 Å². The van der Waals surface area contributed by atoms with Crippen LogP contribution in [0, 0.1) is 12.1 Å². The van der Waals surface area contributed by atoms with Gasteiger partial charge in [0.15, 0.2) is 0 Å². The summed E-state index contributed by atoms with van der Waals surface area (Å²) in [5, 5.41) is 0. The first-order chi connectivity index (χ1) is 8.61. The van der Waals surface area contributed by atoms with Crippen LogP contribution in [0.5, 0.6) is 0 Å². The second-order valence-electron chi connectivity index (χ2n) is 4.95. The third-order valence-electron chi connectivity index (χ3n) is 2.71. The van der Waals surface area contributed by atoms with E-state index >= 15 is 0 Å². The van der Waals surface area contributed by atoms with Gasteiger partial charge in [-0.3, -0.25) is 0 Å². The maximum atomic E-state index is 3.17. The van der Waals surface area contributed by atoms with Crippen LogP contribution in [-0.4, -0.2) is 0 Å². The van der Waals surface area contributed by atoms with E-state index in [1.165, 1.54) is 11.1 Å². The van der Waals surface area contributed by atoms with Crippen molar-refractivity contribution < 1.29 is 17.1 Å². The first-order valence-corrected chi connectivity index (χ1v) is 6.54. The Kier molecular flexibility index (Phi) is 9.29. The van der Waals surface area contributed by atoms with Crippen LogP contribution in [0.1, 0.15) is 50.7 Å². The van der Waals surface area contributed by atoms with Gasteiger partial charge in [0.25, 0.3) is 0 Å². The molecule has 0 saturated carbocycles. The van der Waals surface area contributed by atoms with Gasteiger partial charge in [-0.05, 0) is 11.8 Å². The van der Waals surface area contributed by atoms with Crippen LogP contribution in [-0.2, 0) is 17.1 Å². The summed E-state index contributed by atoms with van der Waals surface area (Å²) in [5.41, 5.74) is 2.58. The van der Waals surface area contributed by atoms with Crippen LogP contribution < -0.4 is 0 Å². The van der Waals surface area contributed by atoms with E-state index in [4.69, 9.17) is 0 Å². The van der Waals surface area contributed by atoms with Gasteiger partial charge in [-0.25, -0.2) is 0 Å². The number of hydrogen-bond donors (Lipinski definition) is 0. The Morgan fingerprint density at radius 1 is 0.684 bits per heavy atom. The van der Waals surface area contributed by atoms with Crippen molar-refractivity contribution in [1.29, 1.82) is 0 Å². The molecule has 0 spiro atoms. The minimum atomic E-state index is 0. The van der Waals surface area contributed by atoms with Gasteiger partial charge in [-0.15, -0.1) is 0 Å². The molecule has 0 saturated heterocycles. The van der Waals surface area contributed by atoms with E-state index in [2.05, 4.69) is 52.0 Å². The van der Waals surface area contributed by atoms with E-state index in [0.29, 0.717) is 11.8 Å². The summed E-state index contributed by atoms with van der Waals surface area (Å²) in [6, 6.07) is 22.5. The van der Waals surface area contributed by atoms with Gasteiger partial charge in [0.1, 0.15) is 0 Å². The molecule has 0 aliphatic rings. The van der Waals surface area contributed by atoms with Crippen molar-refractivity contribution >= 4 is 0 Å². The maximum Gasteiger partial charge on any atom is 2.00 e. The number of benzene rings is 2. The third-order valence-corrected chi connectivity index (χ3v) is 2.71. The monoisotopic (exact) mass is 294 g/mol. The Morgan fingerprint density at radius 2 is 1.05 bits per heavy atom. The van der Waals surface area contributed by atoms with Crippen LogP contribution in [0.3, 0.4) is 0 Å². The molecule has 0 nitrogen and oxygen atoms in total. The average molecular weight is 294 g/mol. The fourth-order valence-corrected chi connectivity index (χ4v) is 1.53. The van der Waals surface area contributed by atoms with Crippen LogP contribution >= 0.6 is 0 Å². The molecule has 0 amide bonds. The summed E-state index contributed by atoms with van der Waals surface area (Å²) in [6.07, 6.45) is 0. The smallest absolute Gasteiger partial charge is 0.180 e. The first-order valence-electron chi connectivity index (χ1n) is 6.54. The average Bonchev–Trinajstić information content (AvgIpc) is 2.41.